The molecule has 0 aromatic carbocycles. The van der Waals surface area contributed by atoms with Crippen LogP contribution in [0.2, 0.25) is 0 Å². The topological polar surface area (TPSA) is 70.8 Å². The highest BCUT2D eigenvalue weighted by atomic mass is 16.4. The molecule has 1 saturated heterocycles. The number of hydrogen-bond donors (Lipinski definition) is 1. The molecule has 0 radical (unpaired) electrons. The minimum Gasteiger partial charge on any atom is -0.478 e. The van der Waals surface area contributed by atoms with Gasteiger partial charge in [-0.2, -0.15) is 0 Å². The summed E-state index contributed by atoms with van der Waals surface area (Å²) in [6, 6.07) is 1.46. The molecule has 0 atom stereocenters. The molecule has 2 rings (SSSR count). The summed E-state index contributed by atoms with van der Waals surface area (Å²) in [7, 11) is 0. The van der Waals surface area contributed by atoms with Crippen LogP contribution in [-0.2, 0) is 11.3 Å². The van der Waals surface area contributed by atoms with E-state index < -0.39 is 5.97 Å². The quantitative estimate of drug-likeness (QED) is 0.842. The molecule has 1 N–H and O–H groups in total. The highest BCUT2D eigenvalue weighted by molar-refractivity contribution is 5.87. The molecular formula is C11H13NO4. The molecule has 1 aromatic heterocycles. The number of furan rings is 1. The van der Waals surface area contributed by atoms with Crippen LogP contribution < -0.4 is 0 Å². The van der Waals surface area contributed by atoms with Crippen molar-refractivity contribution in [1.82, 2.24) is 4.90 Å². The van der Waals surface area contributed by atoms with E-state index in [9.17, 15) is 9.59 Å². The van der Waals surface area contributed by atoms with E-state index in [0.29, 0.717) is 18.7 Å². The van der Waals surface area contributed by atoms with Gasteiger partial charge < -0.3 is 14.4 Å². The maximum atomic E-state index is 11.5. The van der Waals surface area contributed by atoms with Crippen molar-refractivity contribution in [2.45, 2.75) is 25.8 Å². The first-order chi connectivity index (χ1) is 7.66. The Morgan fingerprint density at radius 1 is 1.50 bits per heavy atom. The normalized spacial score (nSPS) is 16.5. The number of amides is 1. The van der Waals surface area contributed by atoms with Crippen LogP contribution in [0.3, 0.4) is 0 Å². The average molecular weight is 223 g/mol. The van der Waals surface area contributed by atoms with Crippen molar-refractivity contribution in [2.24, 2.45) is 0 Å². The van der Waals surface area contributed by atoms with E-state index in [-0.39, 0.29) is 11.5 Å². The molecule has 1 aromatic rings. The summed E-state index contributed by atoms with van der Waals surface area (Å²) in [6.45, 7) is 1.09. The molecule has 1 aliphatic heterocycles. The van der Waals surface area contributed by atoms with Crippen molar-refractivity contribution in [1.29, 1.82) is 0 Å². The van der Waals surface area contributed by atoms with Gasteiger partial charge in [0.25, 0.3) is 0 Å². The van der Waals surface area contributed by atoms with Gasteiger partial charge in [-0.15, -0.1) is 0 Å². The molecule has 16 heavy (non-hydrogen) atoms. The van der Waals surface area contributed by atoms with Crippen LogP contribution in [0.15, 0.2) is 16.7 Å². The van der Waals surface area contributed by atoms with E-state index >= 15 is 0 Å². The Kier molecular flexibility index (Phi) is 2.94. The minimum atomic E-state index is -1.01. The van der Waals surface area contributed by atoms with Gasteiger partial charge in [0, 0.05) is 13.0 Å². The van der Waals surface area contributed by atoms with Crippen LogP contribution in [0.5, 0.6) is 0 Å². The highest BCUT2D eigenvalue weighted by Crippen LogP contribution is 2.16. The van der Waals surface area contributed by atoms with Crippen LogP contribution in [0, 0.1) is 0 Å². The summed E-state index contributed by atoms with van der Waals surface area (Å²) in [5.41, 5.74) is 0.124. The summed E-state index contributed by atoms with van der Waals surface area (Å²) in [6.07, 6.45) is 3.71. The van der Waals surface area contributed by atoms with E-state index in [4.69, 9.17) is 9.52 Å². The van der Waals surface area contributed by atoms with E-state index in [1.165, 1.54) is 12.3 Å². The van der Waals surface area contributed by atoms with Crippen molar-refractivity contribution >= 4 is 11.9 Å². The van der Waals surface area contributed by atoms with Gasteiger partial charge in [0.1, 0.15) is 12.0 Å². The molecule has 5 heteroatoms. The van der Waals surface area contributed by atoms with Crippen LogP contribution in [-0.4, -0.2) is 28.4 Å². The van der Waals surface area contributed by atoms with Crippen molar-refractivity contribution in [3.05, 3.63) is 23.7 Å². The molecule has 1 fully saturated rings. The molecule has 0 bridgehead atoms. The molecule has 5 nitrogen and oxygen atoms in total. The maximum absolute atomic E-state index is 11.5. The second kappa shape index (κ2) is 4.38. The zero-order valence-electron chi connectivity index (χ0n) is 8.81. The Bertz CT molecular complexity index is 410. The monoisotopic (exact) mass is 223 g/mol. The second-order valence-corrected chi connectivity index (χ2v) is 3.88. The van der Waals surface area contributed by atoms with Crippen molar-refractivity contribution in [3.8, 4) is 0 Å². The number of carboxylic acids is 1. The minimum absolute atomic E-state index is 0.111. The zero-order valence-corrected chi connectivity index (χ0v) is 8.81. The molecule has 86 valence electrons. The molecular weight excluding hydrogens is 210 g/mol. The van der Waals surface area contributed by atoms with Gasteiger partial charge in [0.2, 0.25) is 5.91 Å². The first kappa shape index (κ1) is 10.7. The Labute approximate surface area is 92.7 Å². The number of carbonyl (C=O) groups is 2. The van der Waals surface area contributed by atoms with Crippen LogP contribution in [0.25, 0.3) is 0 Å². The SMILES string of the molecule is O=C(O)c1coc(CN2CCCCC2=O)c1. The fraction of sp³-hybridized carbons (Fsp3) is 0.455. The molecule has 2 heterocycles. The van der Waals surface area contributed by atoms with E-state index in [1.54, 1.807) is 4.90 Å². The number of piperidine rings is 1. The zero-order chi connectivity index (χ0) is 11.5. The number of aromatic carboxylic acids is 1. The smallest absolute Gasteiger partial charge is 0.338 e. The number of hydrogen-bond acceptors (Lipinski definition) is 3. The lowest BCUT2D eigenvalue weighted by atomic mass is 10.1. The number of rotatable bonds is 3. The predicted molar refractivity (Wildman–Crippen MR) is 54.9 cm³/mol. The third kappa shape index (κ3) is 2.24. The first-order valence-corrected chi connectivity index (χ1v) is 5.25. The van der Waals surface area contributed by atoms with Gasteiger partial charge in [-0.1, -0.05) is 0 Å². The predicted octanol–water partition coefficient (Wildman–Crippen LogP) is 1.49. The summed E-state index contributed by atoms with van der Waals surface area (Å²) in [4.78, 5) is 23.8. The van der Waals surface area contributed by atoms with Crippen LogP contribution in [0.1, 0.15) is 35.4 Å². The van der Waals surface area contributed by atoms with Crippen molar-refractivity contribution in [2.75, 3.05) is 6.54 Å². The van der Waals surface area contributed by atoms with Crippen LogP contribution in [0.4, 0.5) is 0 Å². The molecule has 0 saturated carbocycles. The maximum Gasteiger partial charge on any atom is 0.338 e. The fourth-order valence-corrected chi connectivity index (χ4v) is 1.79. The van der Waals surface area contributed by atoms with Gasteiger partial charge in [-0.05, 0) is 18.9 Å². The van der Waals surface area contributed by atoms with Crippen molar-refractivity contribution in [3.63, 3.8) is 0 Å². The third-order valence-corrected chi connectivity index (χ3v) is 2.67. The Morgan fingerprint density at radius 3 is 2.94 bits per heavy atom. The standard InChI is InChI=1S/C11H13NO4/c13-10-3-1-2-4-12(10)6-9-5-8(7-16-9)11(14)15/h5,7H,1-4,6H2,(H,14,15). The second-order valence-electron chi connectivity index (χ2n) is 3.88. The number of nitrogens with zero attached hydrogens (tertiary/aromatic N) is 1. The van der Waals surface area contributed by atoms with Gasteiger partial charge in [0.15, 0.2) is 0 Å². The highest BCUT2D eigenvalue weighted by Gasteiger charge is 2.19. The summed E-state index contributed by atoms with van der Waals surface area (Å²) in [5.74, 6) is -0.382. The third-order valence-electron chi connectivity index (χ3n) is 2.67. The fourth-order valence-electron chi connectivity index (χ4n) is 1.79. The van der Waals surface area contributed by atoms with Crippen molar-refractivity contribution < 1.29 is 19.1 Å². The number of likely N-dealkylation sites (tertiary alicyclic amines) is 1. The lowest BCUT2D eigenvalue weighted by molar-refractivity contribution is -0.134. The first-order valence-electron chi connectivity index (χ1n) is 5.25. The van der Waals surface area contributed by atoms with Gasteiger partial charge in [-0.25, -0.2) is 4.79 Å². The summed E-state index contributed by atoms with van der Waals surface area (Å²) >= 11 is 0. The van der Waals surface area contributed by atoms with E-state index in [0.717, 1.165) is 19.4 Å². The van der Waals surface area contributed by atoms with E-state index in [2.05, 4.69) is 0 Å². The molecule has 0 spiro atoms. The lowest BCUT2D eigenvalue weighted by Crippen LogP contribution is -2.34. The van der Waals surface area contributed by atoms with E-state index in [1.807, 2.05) is 0 Å². The lowest BCUT2D eigenvalue weighted by Gasteiger charge is -2.25. The summed E-state index contributed by atoms with van der Waals surface area (Å²) < 4.78 is 5.10. The Morgan fingerprint density at radius 2 is 2.31 bits per heavy atom. The number of carbonyl (C=O) groups excluding carboxylic acids is 1. The van der Waals surface area contributed by atoms with Gasteiger partial charge in [-0.3, -0.25) is 4.79 Å². The van der Waals surface area contributed by atoms with Gasteiger partial charge >= 0.3 is 5.97 Å². The summed E-state index contributed by atoms with van der Waals surface area (Å²) in [5, 5.41) is 8.72. The Balaban J connectivity index is 2.02. The molecule has 0 aliphatic carbocycles. The van der Waals surface area contributed by atoms with Gasteiger partial charge in [0.05, 0.1) is 12.1 Å². The molecule has 0 unspecified atom stereocenters. The average Bonchev–Trinajstić information content (AvgIpc) is 2.70. The van der Waals surface area contributed by atoms with Crippen LogP contribution >= 0.6 is 0 Å². The molecule has 1 aliphatic rings. The number of carboxylic acid groups (broad SMARTS) is 1. The largest absolute Gasteiger partial charge is 0.478 e. The Hall–Kier alpha value is -1.78. The molecule has 1 amide bonds.